The summed E-state index contributed by atoms with van der Waals surface area (Å²) in [5, 5.41) is 48.8. The third-order valence-electron chi connectivity index (χ3n) is 5.47. The Morgan fingerprint density at radius 2 is 0.881 bits per heavy atom. The van der Waals surface area contributed by atoms with E-state index in [4.69, 9.17) is 0 Å². The van der Waals surface area contributed by atoms with E-state index in [0.717, 1.165) is 23.5 Å². The van der Waals surface area contributed by atoms with Crippen LogP contribution in [-0.4, -0.2) is 37.2 Å². The molecule has 6 rings (SSSR count). The summed E-state index contributed by atoms with van der Waals surface area (Å²) in [5.74, 6) is 0. The number of fused-ring (bicyclic) bond motifs is 2. The Kier molecular flexibility index (Phi) is 8.25. The molecule has 6 aromatic rings. The van der Waals surface area contributed by atoms with Gasteiger partial charge >= 0.3 is 22.7 Å². The molecule has 0 unspecified atom stereocenters. The predicted molar refractivity (Wildman–Crippen MR) is 163 cm³/mol. The third kappa shape index (κ3) is 5.00. The van der Waals surface area contributed by atoms with Crippen molar-refractivity contribution in [1.29, 1.82) is 0 Å². The Morgan fingerprint density at radius 3 is 1.17 bits per heavy atom. The molecule has 2 aromatic carbocycles. The molecule has 22 heteroatoms. The zero-order chi connectivity index (χ0) is 30.3. The van der Waals surface area contributed by atoms with Crippen LogP contribution < -0.4 is 0 Å². The number of hydrogen-bond donors (Lipinski definition) is 0. The Labute approximate surface area is 263 Å². The molecule has 0 saturated carbocycles. The fourth-order valence-electron chi connectivity index (χ4n) is 3.88. The van der Waals surface area contributed by atoms with E-state index in [9.17, 15) is 40.5 Å². The second-order valence-corrected chi connectivity index (χ2v) is 12.2. The lowest BCUT2D eigenvalue weighted by Crippen LogP contribution is -2.02. The van der Waals surface area contributed by atoms with E-state index in [1.54, 1.807) is 35.0 Å². The first kappa shape index (κ1) is 29.5. The summed E-state index contributed by atoms with van der Waals surface area (Å²) in [4.78, 5) is 43.4. The van der Waals surface area contributed by atoms with Gasteiger partial charge in [0, 0.05) is 9.75 Å². The van der Waals surface area contributed by atoms with Gasteiger partial charge in [0.2, 0.25) is 0 Å². The smallest absolute Gasteiger partial charge is 0.258 e. The summed E-state index contributed by atoms with van der Waals surface area (Å²) >= 11 is 10.1. The van der Waals surface area contributed by atoms with Crippen LogP contribution in [0.25, 0.3) is 42.9 Å². The highest BCUT2D eigenvalue weighted by molar-refractivity contribution is 9.11. The summed E-state index contributed by atoms with van der Waals surface area (Å²) < 4.78 is 16.0. The maximum absolute atomic E-state index is 11.8. The van der Waals surface area contributed by atoms with Gasteiger partial charge in [0.25, 0.3) is 0 Å². The van der Waals surface area contributed by atoms with Gasteiger partial charge in [-0.1, -0.05) is 12.1 Å². The number of rotatable bonds is 6. The Bertz CT molecular complexity index is 1910. The maximum atomic E-state index is 11.8. The molecule has 0 N–H and O–H groups in total. The monoisotopic (exact) mass is 772 g/mol. The van der Waals surface area contributed by atoms with Gasteiger partial charge in [-0.15, -0.1) is 22.7 Å². The molecule has 0 radical (unpaired) electrons. The molecule has 0 bridgehead atoms. The zero-order valence-corrected chi connectivity index (χ0v) is 26.1. The van der Waals surface area contributed by atoms with Gasteiger partial charge in [-0.05, 0) is 54.8 Å². The summed E-state index contributed by atoms with van der Waals surface area (Å²) in [7, 11) is 0. The van der Waals surface area contributed by atoms with Crippen molar-refractivity contribution in [2.24, 2.45) is 0 Å². The number of thiophene rings is 2. The molecular weight excluding hydrogens is 768 g/mol. The molecule has 16 nitrogen and oxygen atoms in total. The van der Waals surface area contributed by atoms with Crippen molar-refractivity contribution >= 4 is 123 Å². The highest BCUT2D eigenvalue weighted by Gasteiger charge is 2.39. The second kappa shape index (κ2) is 11.7. The van der Waals surface area contributed by atoms with Crippen LogP contribution in [0.3, 0.4) is 0 Å². The normalized spacial score (nSPS) is 10.9. The van der Waals surface area contributed by atoms with E-state index in [0.29, 0.717) is 20.8 Å². The average molecular weight is 774 g/mol. The molecule has 0 aliphatic rings. The van der Waals surface area contributed by atoms with Gasteiger partial charge < -0.3 is 0 Å². The average Bonchev–Trinajstić information content (AvgIpc) is 3.75. The van der Waals surface area contributed by atoms with Gasteiger partial charge in [0.15, 0.2) is 0 Å². The number of nitrogens with zero attached hydrogens (tertiary/aromatic N) is 8. The molecular formula is C20H6Br2N8O8S4. The van der Waals surface area contributed by atoms with Crippen molar-refractivity contribution < 1.29 is 19.7 Å². The van der Waals surface area contributed by atoms with Gasteiger partial charge in [0.05, 0.1) is 43.1 Å². The van der Waals surface area contributed by atoms with Crippen LogP contribution in [0.5, 0.6) is 0 Å². The standard InChI is InChI=1S/C14H6N4O4S3.C6Br2N4O4S/c19-17(20)13-9(7-3-1-5-23-7)11-12(16-25-15-11)10(14(13)18(21)22)8-4-2-6-24-8;7-1-3-4(10-17-9-3)2(8)6(12(15)16)5(1)11(13)14/h1-6H;. The van der Waals surface area contributed by atoms with E-state index in [1.807, 2.05) is 0 Å². The SMILES string of the molecule is O=[N+]([O-])c1c([N+](=O)[O-])c(-c2cccs2)c2nsnc2c1-c1cccs1.O=[N+]([O-])c1c([N+](=O)[O-])c(Br)c2nsnc2c1Br. The molecule has 4 aromatic heterocycles. The minimum atomic E-state index is -0.828. The van der Waals surface area contributed by atoms with Gasteiger partial charge in [0.1, 0.15) is 42.1 Å². The summed E-state index contributed by atoms with van der Waals surface area (Å²) in [6, 6.07) is 6.82. The topological polar surface area (TPSA) is 224 Å². The summed E-state index contributed by atoms with van der Waals surface area (Å²) in [6.45, 7) is 0. The van der Waals surface area contributed by atoms with Crippen LogP contribution in [0, 0.1) is 40.5 Å². The van der Waals surface area contributed by atoms with Crippen LogP contribution in [-0.2, 0) is 0 Å². The van der Waals surface area contributed by atoms with Crippen LogP contribution in [0.4, 0.5) is 22.7 Å². The highest BCUT2D eigenvalue weighted by atomic mass is 79.9. The molecule has 0 saturated heterocycles. The number of nitro benzene ring substituents is 4. The van der Waals surface area contributed by atoms with Crippen molar-refractivity contribution in [3.05, 3.63) is 84.4 Å². The fourth-order valence-corrected chi connectivity index (χ4v) is 8.00. The predicted octanol–water partition coefficient (Wildman–Crippen LogP) is 8.00. The van der Waals surface area contributed by atoms with E-state index >= 15 is 0 Å². The van der Waals surface area contributed by atoms with E-state index < -0.39 is 42.4 Å². The van der Waals surface area contributed by atoms with E-state index in [1.165, 1.54) is 22.7 Å². The van der Waals surface area contributed by atoms with E-state index in [-0.39, 0.29) is 31.1 Å². The molecule has 0 atom stereocenters. The molecule has 0 spiro atoms. The Hall–Kier alpha value is -3.96. The van der Waals surface area contributed by atoms with Crippen molar-refractivity contribution in [2.45, 2.75) is 0 Å². The van der Waals surface area contributed by atoms with Crippen molar-refractivity contribution in [3.63, 3.8) is 0 Å². The Balaban J connectivity index is 0.000000181. The van der Waals surface area contributed by atoms with Crippen molar-refractivity contribution in [3.8, 4) is 20.9 Å². The van der Waals surface area contributed by atoms with Crippen LogP contribution in [0.15, 0.2) is 44.0 Å². The van der Waals surface area contributed by atoms with Gasteiger partial charge in [-0.25, -0.2) is 0 Å². The zero-order valence-electron chi connectivity index (χ0n) is 19.7. The number of hydrogen-bond acceptors (Lipinski definition) is 16. The van der Waals surface area contributed by atoms with Crippen molar-refractivity contribution in [2.75, 3.05) is 0 Å². The van der Waals surface area contributed by atoms with Gasteiger partial charge in [-0.2, -0.15) is 17.5 Å². The lowest BCUT2D eigenvalue weighted by Gasteiger charge is -2.07. The molecule has 0 fully saturated rings. The maximum Gasteiger partial charge on any atom is 0.363 e. The lowest BCUT2D eigenvalue weighted by atomic mass is 10.0. The summed E-state index contributed by atoms with van der Waals surface area (Å²) in [6.07, 6.45) is 0. The van der Waals surface area contributed by atoms with Crippen molar-refractivity contribution in [1.82, 2.24) is 17.5 Å². The first-order valence-corrected chi connectivity index (χ1v) is 15.5. The lowest BCUT2D eigenvalue weighted by molar-refractivity contribution is -0.423. The first-order valence-electron chi connectivity index (χ1n) is 10.6. The number of aromatic nitrogens is 4. The molecule has 0 amide bonds. The van der Waals surface area contributed by atoms with Crippen LogP contribution in [0.1, 0.15) is 0 Å². The molecule has 212 valence electrons. The molecule has 0 aliphatic carbocycles. The summed E-state index contributed by atoms with van der Waals surface area (Å²) in [5.41, 5.74) is -0.998. The quantitative estimate of drug-likeness (QED) is 0.116. The van der Waals surface area contributed by atoms with Crippen LogP contribution >= 0.6 is 78.0 Å². The van der Waals surface area contributed by atoms with Gasteiger partial charge in [-0.3, -0.25) is 40.5 Å². The minimum absolute atomic E-state index is 0.0406. The molecule has 42 heavy (non-hydrogen) atoms. The minimum Gasteiger partial charge on any atom is -0.258 e. The number of benzene rings is 2. The Morgan fingerprint density at radius 1 is 0.548 bits per heavy atom. The number of nitro groups is 4. The highest BCUT2D eigenvalue weighted by Crippen LogP contribution is 2.51. The third-order valence-corrected chi connectivity index (χ3v) is 9.80. The molecule has 0 aliphatic heterocycles. The second-order valence-electron chi connectivity index (χ2n) is 7.68. The largest absolute Gasteiger partial charge is 0.363 e. The molecule has 4 heterocycles. The van der Waals surface area contributed by atoms with E-state index in [2.05, 4.69) is 49.4 Å². The fraction of sp³-hybridized carbons (Fsp3) is 0. The van der Waals surface area contributed by atoms with Crippen LogP contribution in [0.2, 0.25) is 0 Å². The number of halogens is 2. The first-order chi connectivity index (χ1) is 20.0.